The van der Waals surface area contributed by atoms with Crippen molar-refractivity contribution >= 4 is 85.1 Å². The summed E-state index contributed by atoms with van der Waals surface area (Å²) in [6, 6.07) is 15.7. The van der Waals surface area contributed by atoms with Gasteiger partial charge in [-0.1, -0.05) is 29.3 Å². The Hall–Kier alpha value is -3.24. The van der Waals surface area contributed by atoms with Crippen LogP contribution in [-0.2, 0) is 0 Å². The van der Waals surface area contributed by atoms with E-state index in [2.05, 4.69) is 16.0 Å². The Bertz CT molecular complexity index is 1480. The van der Waals surface area contributed by atoms with Crippen LogP contribution in [0.4, 0.5) is 15.8 Å². The monoisotopic (exact) mass is 547 g/mol. The summed E-state index contributed by atoms with van der Waals surface area (Å²) in [5.41, 5.74) is 1.14. The first kappa shape index (κ1) is 24.9. The van der Waals surface area contributed by atoms with Crippen molar-refractivity contribution in [2.45, 2.75) is 0 Å². The van der Waals surface area contributed by atoms with E-state index in [-0.39, 0.29) is 10.1 Å². The Morgan fingerprint density at radius 3 is 2.49 bits per heavy atom. The maximum Gasteiger partial charge on any atom is 0.269 e. The number of amides is 2. The van der Waals surface area contributed by atoms with Crippen molar-refractivity contribution < 1.29 is 18.7 Å². The van der Waals surface area contributed by atoms with Gasteiger partial charge >= 0.3 is 0 Å². The van der Waals surface area contributed by atoms with Crippen LogP contribution >= 0.6 is 46.8 Å². The number of benzene rings is 3. The summed E-state index contributed by atoms with van der Waals surface area (Å²) in [6.07, 6.45) is 0. The fraction of sp³-hybridized carbons (Fsp3) is 0.0417. The largest absolute Gasteiger partial charge is 0.497 e. The fourth-order valence-corrected chi connectivity index (χ4v) is 4.99. The van der Waals surface area contributed by atoms with Gasteiger partial charge in [0.15, 0.2) is 5.11 Å². The van der Waals surface area contributed by atoms with Crippen molar-refractivity contribution in [3.05, 3.63) is 87.0 Å². The molecule has 3 aromatic carbocycles. The molecule has 4 aromatic rings. The Morgan fingerprint density at radius 1 is 0.971 bits per heavy atom. The van der Waals surface area contributed by atoms with Gasteiger partial charge in [-0.2, -0.15) is 0 Å². The molecule has 0 aliphatic heterocycles. The third-order valence-electron chi connectivity index (χ3n) is 4.83. The van der Waals surface area contributed by atoms with Crippen LogP contribution in [0.5, 0.6) is 5.75 Å². The van der Waals surface area contributed by atoms with Gasteiger partial charge < -0.3 is 15.4 Å². The van der Waals surface area contributed by atoms with Gasteiger partial charge in [-0.3, -0.25) is 14.9 Å². The number of thiophene rings is 1. The van der Waals surface area contributed by atoms with Gasteiger partial charge in [0.1, 0.15) is 16.4 Å². The molecule has 178 valence electrons. The highest BCUT2D eigenvalue weighted by Crippen LogP contribution is 2.37. The zero-order chi connectivity index (χ0) is 25.1. The number of carbonyl (C=O) groups excluding carboxylic acids is 2. The summed E-state index contributed by atoms with van der Waals surface area (Å²) < 4.78 is 19.4. The Labute approximate surface area is 219 Å². The van der Waals surface area contributed by atoms with E-state index in [9.17, 15) is 14.0 Å². The number of rotatable bonds is 5. The minimum atomic E-state index is -0.580. The van der Waals surface area contributed by atoms with Crippen LogP contribution in [0.25, 0.3) is 10.1 Å². The number of carbonyl (C=O) groups is 2. The zero-order valence-corrected chi connectivity index (χ0v) is 21.1. The fourth-order valence-electron chi connectivity index (χ4n) is 3.16. The molecule has 0 aliphatic rings. The number of anilines is 2. The molecule has 1 aromatic heterocycles. The number of fused-ring (bicyclic) bond motifs is 1. The van der Waals surface area contributed by atoms with E-state index >= 15 is 0 Å². The number of hydrogen-bond acceptors (Lipinski definition) is 5. The van der Waals surface area contributed by atoms with Gasteiger partial charge in [-0.25, -0.2) is 4.39 Å². The molecule has 0 unspecified atom stereocenters. The van der Waals surface area contributed by atoms with Gasteiger partial charge in [0, 0.05) is 27.0 Å². The summed E-state index contributed by atoms with van der Waals surface area (Å²) in [5, 5.41) is 9.12. The lowest BCUT2D eigenvalue weighted by Gasteiger charge is -2.11. The average Bonchev–Trinajstić information content (AvgIpc) is 3.17. The molecule has 0 atom stereocenters. The molecule has 11 heteroatoms. The van der Waals surface area contributed by atoms with E-state index < -0.39 is 17.6 Å². The lowest BCUT2D eigenvalue weighted by molar-refractivity contribution is 0.0980. The molecular formula is C24H16Cl2FN3O3S2. The molecule has 3 N–H and O–H groups in total. The van der Waals surface area contributed by atoms with E-state index in [1.165, 1.54) is 23.5 Å². The second-order valence-corrected chi connectivity index (χ2v) is 9.42. The number of hydrogen-bond donors (Lipinski definition) is 3. The highest BCUT2D eigenvalue weighted by Gasteiger charge is 2.19. The molecule has 0 aliphatic carbocycles. The zero-order valence-electron chi connectivity index (χ0n) is 17.9. The topological polar surface area (TPSA) is 79.5 Å². The summed E-state index contributed by atoms with van der Waals surface area (Å²) in [6.45, 7) is 0. The van der Waals surface area contributed by atoms with Crippen LogP contribution in [0.3, 0.4) is 0 Å². The summed E-state index contributed by atoms with van der Waals surface area (Å²) >= 11 is 18.6. The maximum absolute atomic E-state index is 13.3. The number of thiocarbonyl (C=S) groups is 1. The van der Waals surface area contributed by atoms with Crippen molar-refractivity contribution in [1.82, 2.24) is 5.32 Å². The van der Waals surface area contributed by atoms with Crippen LogP contribution in [0, 0.1) is 5.82 Å². The molecule has 0 radical (unpaired) electrons. The van der Waals surface area contributed by atoms with Crippen LogP contribution in [-0.4, -0.2) is 24.0 Å². The third kappa shape index (κ3) is 5.71. The first-order chi connectivity index (χ1) is 16.7. The summed E-state index contributed by atoms with van der Waals surface area (Å²) in [4.78, 5) is 25.7. The number of halogens is 3. The van der Waals surface area contributed by atoms with Gasteiger partial charge in [0.25, 0.3) is 11.8 Å². The van der Waals surface area contributed by atoms with Crippen molar-refractivity contribution in [3.63, 3.8) is 0 Å². The van der Waals surface area contributed by atoms with E-state index in [0.717, 1.165) is 16.2 Å². The Morgan fingerprint density at radius 2 is 1.74 bits per heavy atom. The maximum atomic E-state index is 13.3. The quantitative estimate of drug-likeness (QED) is 0.241. The Kier molecular flexibility index (Phi) is 7.51. The van der Waals surface area contributed by atoms with Gasteiger partial charge in [0.2, 0.25) is 0 Å². The van der Waals surface area contributed by atoms with Gasteiger partial charge in [-0.15, -0.1) is 11.3 Å². The summed E-state index contributed by atoms with van der Waals surface area (Å²) in [7, 11) is 1.56. The van der Waals surface area contributed by atoms with E-state index in [0.29, 0.717) is 32.6 Å². The van der Waals surface area contributed by atoms with E-state index in [1.807, 2.05) is 0 Å². The molecule has 1 heterocycles. The number of methoxy groups -OCH3 is 1. The third-order valence-corrected chi connectivity index (χ3v) is 6.98. The highest BCUT2D eigenvalue weighted by molar-refractivity contribution is 7.80. The van der Waals surface area contributed by atoms with Gasteiger partial charge in [0.05, 0.1) is 17.2 Å². The molecule has 0 saturated heterocycles. The average molecular weight is 548 g/mol. The van der Waals surface area contributed by atoms with Crippen molar-refractivity contribution in [3.8, 4) is 5.75 Å². The minimum absolute atomic E-state index is 0.0315. The lowest BCUT2D eigenvalue weighted by atomic mass is 10.2. The van der Waals surface area contributed by atoms with Crippen molar-refractivity contribution in [1.29, 1.82) is 0 Å². The molecule has 0 bridgehead atoms. The first-order valence-electron chi connectivity index (χ1n) is 10.00. The van der Waals surface area contributed by atoms with Crippen LogP contribution in [0.1, 0.15) is 20.0 Å². The van der Waals surface area contributed by atoms with Gasteiger partial charge in [-0.05, 0) is 66.8 Å². The van der Waals surface area contributed by atoms with Crippen LogP contribution in [0.2, 0.25) is 10.0 Å². The molecule has 0 saturated carbocycles. The predicted octanol–water partition coefficient (Wildman–Crippen LogP) is 6.73. The number of ether oxygens (including phenoxy) is 1. The lowest BCUT2D eigenvalue weighted by Crippen LogP contribution is -2.33. The normalized spacial score (nSPS) is 10.6. The molecule has 2 amide bonds. The summed E-state index contributed by atoms with van der Waals surface area (Å²) in [5.74, 6) is -0.817. The SMILES string of the molecule is COc1ccc2c(Cl)c(C(=O)NC(=S)Nc3cccc(C(=O)Nc4ccc(F)c(Cl)c4)c3)sc2c1. The molecule has 0 spiro atoms. The second kappa shape index (κ2) is 10.6. The Balaban J connectivity index is 1.43. The molecular weight excluding hydrogens is 532 g/mol. The molecule has 35 heavy (non-hydrogen) atoms. The molecule has 0 fully saturated rings. The van der Waals surface area contributed by atoms with Crippen LogP contribution in [0.15, 0.2) is 60.7 Å². The standard InChI is InChI=1S/C24H16Cl2FN3O3S2/c1-33-15-6-7-16-19(11-15)35-21(20(16)26)23(32)30-24(34)29-13-4-2-3-12(9-13)22(31)28-14-5-8-18(27)17(25)10-14/h2-11H,1H3,(H,28,31)(H2,29,30,32,34). The predicted molar refractivity (Wildman–Crippen MR) is 143 cm³/mol. The minimum Gasteiger partial charge on any atom is -0.497 e. The van der Waals surface area contributed by atoms with E-state index in [1.54, 1.807) is 49.6 Å². The molecule has 6 nitrogen and oxygen atoms in total. The van der Waals surface area contributed by atoms with Crippen molar-refractivity contribution in [2.75, 3.05) is 17.7 Å². The number of nitrogens with one attached hydrogen (secondary N) is 3. The van der Waals surface area contributed by atoms with Crippen LogP contribution < -0.4 is 20.7 Å². The first-order valence-corrected chi connectivity index (χ1v) is 12.0. The highest BCUT2D eigenvalue weighted by atomic mass is 35.5. The second-order valence-electron chi connectivity index (χ2n) is 7.18. The molecule has 4 rings (SSSR count). The van der Waals surface area contributed by atoms with E-state index in [4.69, 9.17) is 40.2 Å². The van der Waals surface area contributed by atoms with Crippen molar-refractivity contribution in [2.24, 2.45) is 0 Å². The smallest absolute Gasteiger partial charge is 0.269 e.